The molecular formula is C22H23N5. The van der Waals surface area contributed by atoms with E-state index in [9.17, 15) is 0 Å². The lowest BCUT2D eigenvalue weighted by Gasteiger charge is -2.16. The minimum absolute atomic E-state index is 0.155. The maximum atomic E-state index is 8.99. The molecular weight excluding hydrogens is 334 g/mol. The summed E-state index contributed by atoms with van der Waals surface area (Å²) in [7, 11) is 0. The van der Waals surface area contributed by atoms with E-state index in [1.165, 1.54) is 5.56 Å². The van der Waals surface area contributed by atoms with Crippen LogP contribution in [0.25, 0.3) is 0 Å². The molecule has 2 aromatic carbocycles. The number of nitriles is 1. The summed E-state index contributed by atoms with van der Waals surface area (Å²) in [5.41, 5.74) is 3.91. The number of nitrogens with zero attached hydrogens (tertiary/aromatic N) is 3. The summed E-state index contributed by atoms with van der Waals surface area (Å²) in [6.45, 7) is 4.77. The van der Waals surface area contributed by atoms with E-state index in [4.69, 9.17) is 5.26 Å². The van der Waals surface area contributed by atoms with Gasteiger partial charge in [-0.15, -0.1) is 0 Å². The minimum atomic E-state index is 0.155. The number of rotatable bonds is 7. The molecule has 136 valence electrons. The molecule has 5 heteroatoms. The summed E-state index contributed by atoms with van der Waals surface area (Å²) in [6, 6.07) is 22.2. The number of aryl methyl sites for hydroxylation is 1. The number of nitrogens with one attached hydrogen (secondary N) is 2. The summed E-state index contributed by atoms with van der Waals surface area (Å²) in [5, 5.41) is 15.7. The van der Waals surface area contributed by atoms with Gasteiger partial charge < -0.3 is 10.6 Å². The molecule has 0 radical (unpaired) electrons. The van der Waals surface area contributed by atoms with Crippen LogP contribution in [-0.4, -0.2) is 16.5 Å². The fraction of sp³-hybridized carbons (Fsp3) is 0.227. The quantitative estimate of drug-likeness (QED) is 0.652. The van der Waals surface area contributed by atoms with Crippen LogP contribution in [0.1, 0.15) is 35.3 Å². The third kappa shape index (κ3) is 5.29. The molecule has 0 aliphatic carbocycles. The third-order valence-electron chi connectivity index (χ3n) is 4.27. The van der Waals surface area contributed by atoms with Gasteiger partial charge in [-0.3, -0.25) is 0 Å². The molecule has 27 heavy (non-hydrogen) atoms. The normalized spacial score (nSPS) is 11.4. The molecule has 0 saturated carbocycles. The first kappa shape index (κ1) is 18.4. The van der Waals surface area contributed by atoms with Gasteiger partial charge in [0.1, 0.15) is 5.82 Å². The van der Waals surface area contributed by atoms with Crippen molar-refractivity contribution >= 4 is 11.8 Å². The summed E-state index contributed by atoms with van der Waals surface area (Å²) < 4.78 is 0. The van der Waals surface area contributed by atoms with Crippen molar-refractivity contribution in [2.24, 2.45) is 0 Å². The molecule has 0 saturated heterocycles. The van der Waals surface area contributed by atoms with E-state index in [0.29, 0.717) is 18.1 Å². The van der Waals surface area contributed by atoms with Crippen LogP contribution in [0, 0.1) is 18.3 Å². The van der Waals surface area contributed by atoms with E-state index in [-0.39, 0.29) is 6.04 Å². The summed E-state index contributed by atoms with van der Waals surface area (Å²) >= 11 is 0. The van der Waals surface area contributed by atoms with Crippen LogP contribution < -0.4 is 10.6 Å². The van der Waals surface area contributed by atoms with Crippen LogP contribution in [0.15, 0.2) is 60.7 Å². The molecule has 2 N–H and O–H groups in total. The zero-order chi connectivity index (χ0) is 19.1. The van der Waals surface area contributed by atoms with Crippen molar-refractivity contribution in [1.29, 1.82) is 5.26 Å². The predicted octanol–water partition coefficient (Wildman–Crippen LogP) is 4.48. The number of hydrogen-bond donors (Lipinski definition) is 2. The molecule has 0 amide bonds. The van der Waals surface area contributed by atoms with Gasteiger partial charge in [0, 0.05) is 24.3 Å². The second kappa shape index (κ2) is 8.81. The Hall–Kier alpha value is -3.39. The molecule has 0 spiro atoms. The Bertz CT molecular complexity index is 931. The van der Waals surface area contributed by atoms with Gasteiger partial charge in [-0.1, -0.05) is 42.5 Å². The summed E-state index contributed by atoms with van der Waals surface area (Å²) in [6.07, 6.45) is 0.802. The van der Waals surface area contributed by atoms with E-state index in [1.54, 1.807) is 0 Å². The van der Waals surface area contributed by atoms with Crippen molar-refractivity contribution in [3.8, 4) is 6.07 Å². The third-order valence-corrected chi connectivity index (χ3v) is 4.27. The van der Waals surface area contributed by atoms with Gasteiger partial charge >= 0.3 is 0 Å². The lowest BCUT2D eigenvalue weighted by molar-refractivity contribution is 0.868. The standard InChI is InChI=1S/C22H23N5/c1-16-13-21(26-17(2)20-9-4-3-5-10-20)27-22(25-16)24-12-11-18-7-6-8-19(14-18)15-23/h3-10,13-14,17H,11-12H2,1-2H3,(H2,24,25,26,27)/t17-/m0/s1. The van der Waals surface area contributed by atoms with Crippen LogP contribution in [0.2, 0.25) is 0 Å². The average molecular weight is 357 g/mol. The van der Waals surface area contributed by atoms with Crippen LogP contribution in [0.3, 0.4) is 0 Å². The predicted molar refractivity (Wildman–Crippen MR) is 109 cm³/mol. The number of aromatic nitrogens is 2. The fourth-order valence-electron chi connectivity index (χ4n) is 2.88. The van der Waals surface area contributed by atoms with Gasteiger partial charge in [-0.25, -0.2) is 4.98 Å². The maximum Gasteiger partial charge on any atom is 0.224 e. The fourth-order valence-corrected chi connectivity index (χ4v) is 2.88. The van der Waals surface area contributed by atoms with E-state index in [0.717, 1.165) is 23.5 Å². The SMILES string of the molecule is Cc1cc(N[C@@H](C)c2ccccc2)nc(NCCc2cccc(C#N)c2)n1. The van der Waals surface area contributed by atoms with Crippen molar-refractivity contribution in [3.05, 3.63) is 83.0 Å². The van der Waals surface area contributed by atoms with Crippen molar-refractivity contribution in [2.45, 2.75) is 26.3 Å². The van der Waals surface area contributed by atoms with Gasteiger partial charge in [0.05, 0.1) is 11.6 Å². The molecule has 5 nitrogen and oxygen atoms in total. The monoisotopic (exact) mass is 357 g/mol. The molecule has 1 atom stereocenters. The molecule has 0 aliphatic heterocycles. The topological polar surface area (TPSA) is 73.6 Å². The molecule has 0 fully saturated rings. The number of hydrogen-bond acceptors (Lipinski definition) is 5. The van der Waals surface area contributed by atoms with E-state index < -0.39 is 0 Å². The highest BCUT2D eigenvalue weighted by Crippen LogP contribution is 2.19. The van der Waals surface area contributed by atoms with Crippen molar-refractivity contribution in [2.75, 3.05) is 17.2 Å². The van der Waals surface area contributed by atoms with Crippen LogP contribution >= 0.6 is 0 Å². The average Bonchev–Trinajstić information content (AvgIpc) is 2.68. The Balaban J connectivity index is 1.62. The van der Waals surface area contributed by atoms with E-state index >= 15 is 0 Å². The Labute approximate surface area is 160 Å². The van der Waals surface area contributed by atoms with Crippen LogP contribution in [0.5, 0.6) is 0 Å². The highest BCUT2D eigenvalue weighted by atomic mass is 15.1. The van der Waals surface area contributed by atoms with Gasteiger partial charge in [0.2, 0.25) is 5.95 Å². The smallest absolute Gasteiger partial charge is 0.224 e. The van der Waals surface area contributed by atoms with E-state index in [2.05, 4.69) is 45.7 Å². The second-order valence-electron chi connectivity index (χ2n) is 6.48. The largest absolute Gasteiger partial charge is 0.363 e. The first-order valence-corrected chi connectivity index (χ1v) is 9.04. The first-order valence-electron chi connectivity index (χ1n) is 9.04. The van der Waals surface area contributed by atoms with Gasteiger partial charge in [-0.2, -0.15) is 10.2 Å². The minimum Gasteiger partial charge on any atom is -0.363 e. The zero-order valence-corrected chi connectivity index (χ0v) is 15.6. The summed E-state index contributed by atoms with van der Waals surface area (Å²) in [4.78, 5) is 9.04. The lowest BCUT2D eigenvalue weighted by atomic mass is 10.1. The molecule has 1 heterocycles. The van der Waals surface area contributed by atoms with Crippen molar-refractivity contribution < 1.29 is 0 Å². The van der Waals surface area contributed by atoms with Crippen LogP contribution in [0.4, 0.5) is 11.8 Å². The highest BCUT2D eigenvalue weighted by Gasteiger charge is 2.08. The van der Waals surface area contributed by atoms with Gasteiger partial charge in [0.15, 0.2) is 0 Å². The molecule has 0 unspecified atom stereocenters. The Kier molecular flexibility index (Phi) is 6.01. The second-order valence-corrected chi connectivity index (χ2v) is 6.48. The van der Waals surface area contributed by atoms with Crippen molar-refractivity contribution in [3.63, 3.8) is 0 Å². The van der Waals surface area contributed by atoms with E-state index in [1.807, 2.05) is 55.5 Å². The molecule has 0 aliphatic rings. The lowest BCUT2D eigenvalue weighted by Crippen LogP contribution is -2.12. The Morgan fingerprint density at radius 1 is 1.04 bits per heavy atom. The van der Waals surface area contributed by atoms with Gasteiger partial charge in [0.25, 0.3) is 0 Å². The number of anilines is 2. The molecule has 3 rings (SSSR count). The van der Waals surface area contributed by atoms with Crippen LogP contribution in [-0.2, 0) is 6.42 Å². The van der Waals surface area contributed by atoms with Gasteiger partial charge in [-0.05, 0) is 43.5 Å². The first-order chi connectivity index (χ1) is 13.1. The Morgan fingerprint density at radius 3 is 2.63 bits per heavy atom. The van der Waals surface area contributed by atoms with Crippen molar-refractivity contribution in [1.82, 2.24) is 9.97 Å². The number of benzene rings is 2. The Morgan fingerprint density at radius 2 is 1.85 bits per heavy atom. The molecule has 0 bridgehead atoms. The summed E-state index contributed by atoms with van der Waals surface area (Å²) in [5.74, 6) is 1.40. The molecule has 1 aromatic heterocycles. The highest BCUT2D eigenvalue weighted by molar-refractivity contribution is 5.44. The maximum absolute atomic E-state index is 8.99. The zero-order valence-electron chi connectivity index (χ0n) is 15.6. The molecule has 3 aromatic rings.